The predicted octanol–water partition coefficient (Wildman–Crippen LogP) is 8.13. The number of aromatic carboxylic acids is 1. The molecule has 0 unspecified atom stereocenters. The summed E-state index contributed by atoms with van der Waals surface area (Å²) < 4.78 is 5.94. The summed E-state index contributed by atoms with van der Waals surface area (Å²) in [5.41, 5.74) is 3.65. The predicted molar refractivity (Wildman–Crippen MR) is 148 cm³/mol. The molecule has 0 fully saturated rings. The topological polar surface area (TPSA) is 66.8 Å². The van der Waals surface area contributed by atoms with Crippen molar-refractivity contribution in [1.82, 2.24) is 0 Å². The molecule has 0 aromatic heterocycles. The normalized spacial score (nSPS) is 11.2. The van der Waals surface area contributed by atoms with E-state index in [9.17, 15) is 14.7 Å². The summed E-state index contributed by atoms with van der Waals surface area (Å²) in [6.07, 6.45) is 0. The van der Waals surface area contributed by atoms with Gasteiger partial charge in [-0.25, -0.2) is 4.79 Å². The number of carbonyl (C=O) groups excluding carboxylic acids is 1. The van der Waals surface area contributed by atoms with Crippen LogP contribution in [0.25, 0.3) is 0 Å². The Labute approximate surface area is 221 Å². The third kappa shape index (κ3) is 6.19. The Hall–Kier alpha value is -4.09. The molecule has 0 radical (unpaired) electrons. The molecule has 5 nitrogen and oxygen atoms in total. The Kier molecular flexibility index (Phi) is 7.37. The lowest BCUT2D eigenvalue weighted by molar-refractivity contribution is 0.0696. The molecular formula is C31H28ClNO4. The highest BCUT2D eigenvalue weighted by Crippen LogP contribution is 2.30. The molecule has 4 aromatic rings. The molecule has 188 valence electrons. The number of hydrogen-bond donors (Lipinski definition) is 1. The maximum Gasteiger partial charge on any atom is 0.335 e. The smallest absolute Gasteiger partial charge is 0.335 e. The fourth-order valence-electron chi connectivity index (χ4n) is 3.89. The van der Waals surface area contributed by atoms with E-state index in [4.69, 9.17) is 16.3 Å². The molecule has 0 bridgehead atoms. The van der Waals surface area contributed by atoms with Crippen molar-refractivity contribution in [3.05, 3.63) is 118 Å². The second-order valence-electron chi connectivity index (χ2n) is 9.84. The first-order valence-corrected chi connectivity index (χ1v) is 12.2. The fourth-order valence-corrected chi connectivity index (χ4v) is 4.01. The van der Waals surface area contributed by atoms with Crippen molar-refractivity contribution >= 4 is 34.7 Å². The average Bonchev–Trinajstić information content (AvgIpc) is 2.88. The molecular weight excluding hydrogens is 486 g/mol. The van der Waals surface area contributed by atoms with E-state index >= 15 is 0 Å². The lowest BCUT2D eigenvalue weighted by Gasteiger charge is -2.20. The summed E-state index contributed by atoms with van der Waals surface area (Å²) in [7, 11) is 1.92. The molecule has 0 heterocycles. The van der Waals surface area contributed by atoms with E-state index in [1.165, 1.54) is 12.1 Å². The molecule has 37 heavy (non-hydrogen) atoms. The molecule has 6 heteroatoms. The molecule has 0 saturated heterocycles. The van der Waals surface area contributed by atoms with Crippen molar-refractivity contribution in [2.45, 2.75) is 26.2 Å². The third-order valence-corrected chi connectivity index (χ3v) is 6.35. The van der Waals surface area contributed by atoms with Crippen molar-refractivity contribution in [2.24, 2.45) is 0 Å². The first-order chi connectivity index (χ1) is 17.5. The van der Waals surface area contributed by atoms with Gasteiger partial charge in [0.1, 0.15) is 11.5 Å². The number of carboxylic acid groups (broad SMARTS) is 1. The van der Waals surface area contributed by atoms with Gasteiger partial charge in [0, 0.05) is 34.6 Å². The molecule has 0 saturated carbocycles. The Morgan fingerprint density at radius 1 is 0.730 bits per heavy atom. The summed E-state index contributed by atoms with van der Waals surface area (Å²) in [5, 5.41) is 10.3. The largest absolute Gasteiger partial charge is 0.478 e. The van der Waals surface area contributed by atoms with Gasteiger partial charge < -0.3 is 14.7 Å². The summed E-state index contributed by atoms with van der Waals surface area (Å²) >= 11 is 5.98. The number of anilines is 2. The maximum absolute atomic E-state index is 13.3. The second kappa shape index (κ2) is 10.5. The van der Waals surface area contributed by atoms with E-state index in [0.717, 1.165) is 16.9 Å². The van der Waals surface area contributed by atoms with Crippen molar-refractivity contribution in [3.63, 3.8) is 0 Å². The van der Waals surface area contributed by atoms with Crippen LogP contribution in [0.5, 0.6) is 11.5 Å². The van der Waals surface area contributed by atoms with Gasteiger partial charge in [-0.1, -0.05) is 44.5 Å². The van der Waals surface area contributed by atoms with Gasteiger partial charge in [0.2, 0.25) is 0 Å². The first-order valence-electron chi connectivity index (χ1n) is 11.8. The Balaban J connectivity index is 1.58. The zero-order valence-corrected chi connectivity index (χ0v) is 21.9. The lowest BCUT2D eigenvalue weighted by Crippen LogP contribution is -2.10. The van der Waals surface area contributed by atoms with Gasteiger partial charge in [0.05, 0.1) is 5.56 Å². The van der Waals surface area contributed by atoms with E-state index in [-0.39, 0.29) is 28.1 Å². The third-order valence-electron chi connectivity index (χ3n) is 6.10. The van der Waals surface area contributed by atoms with Gasteiger partial charge >= 0.3 is 5.97 Å². The van der Waals surface area contributed by atoms with Gasteiger partial charge in [-0.15, -0.1) is 0 Å². The van der Waals surface area contributed by atoms with Crippen LogP contribution >= 0.6 is 11.6 Å². The van der Waals surface area contributed by atoms with Crippen LogP contribution in [0.2, 0.25) is 5.02 Å². The highest BCUT2D eigenvalue weighted by molar-refractivity contribution is 6.30. The molecule has 4 aromatic carbocycles. The standard InChI is InChI=1S/C31H28ClNO4/c1-31(2,3)23-7-15-27(16-8-23)37-28-18-21(17-22(19-28)30(35)36)29(34)20-5-11-25(12-6-20)33(4)26-13-9-24(32)10-14-26/h5-19H,1-4H3,(H,35,36). The minimum absolute atomic E-state index is 0.000511. The maximum atomic E-state index is 13.3. The van der Waals surface area contributed by atoms with Crippen LogP contribution in [-0.4, -0.2) is 23.9 Å². The summed E-state index contributed by atoms with van der Waals surface area (Å²) in [5.74, 6) is -0.589. The van der Waals surface area contributed by atoms with Crippen LogP contribution < -0.4 is 9.64 Å². The van der Waals surface area contributed by atoms with Crippen LogP contribution in [0, 0.1) is 0 Å². The molecule has 0 amide bonds. The van der Waals surface area contributed by atoms with Crippen molar-refractivity contribution in [1.29, 1.82) is 0 Å². The molecule has 0 aliphatic heterocycles. The Morgan fingerprint density at radius 2 is 1.27 bits per heavy atom. The monoisotopic (exact) mass is 513 g/mol. The number of nitrogens with zero attached hydrogens (tertiary/aromatic N) is 1. The Bertz CT molecular complexity index is 1420. The number of carbonyl (C=O) groups is 2. The number of hydrogen-bond acceptors (Lipinski definition) is 4. The number of ketones is 1. The van der Waals surface area contributed by atoms with Gasteiger partial charge in [-0.2, -0.15) is 0 Å². The zero-order valence-electron chi connectivity index (χ0n) is 21.2. The molecule has 0 atom stereocenters. The van der Waals surface area contributed by atoms with Crippen LogP contribution in [0.3, 0.4) is 0 Å². The van der Waals surface area contributed by atoms with E-state index in [1.807, 2.05) is 72.6 Å². The van der Waals surface area contributed by atoms with Crippen LogP contribution in [0.15, 0.2) is 91.0 Å². The van der Waals surface area contributed by atoms with Crippen LogP contribution in [-0.2, 0) is 5.41 Å². The molecule has 0 aliphatic carbocycles. The lowest BCUT2D eigenvalue weighted by atomic mass is 9.87. The SMILES string of the molecule is CN(c1ccc(Cl)cc1)c1ccc(C(=O)c2cc(Oc3ccc(C(C)(C)C)cc3)cc(C(=O)O)c2)cc1. The Morgan fingerprint density at radius 3 is 1.81 bits per heavy atom. The first kappa shape index (κ1) is 26.0. The number of halogens is 1. The van der Waals surface area contributed by atoms with E-state index in [2.05, 4.69) is 20.8 Å². The zero-order chi connectivity index (χ0) is 26.7. The summed E-state index contributed by atoms with van der Waals surface area (Å²) in [6.45, 7) is 6.37. The second-order valence-corrected chi connectivity index (χ2v) is 10.3. The van der Waals surface area contributed by atoms with Crippen molar-refractivity contribution in [3.8, 4) is 11.5 Å². The van der Waals surface area contributed by atoms with Gasteiger partial charge in [-0.3, -0.25) is 4.79 Å². The minimum Gasteiger partial charge on any atom is -0.478 e. The number of benzene rings is 4. The van der Waals surface area contributed by atoms with Crippen molar-refractivity contribution in [2.75, 3.05) is 11.9 Å². The quantitative estimate of drug-likeness (QED) is 0.253. The van der Waals surface area contributed by atoms with Crippen molar-refractivity contribution < 1.29 is 19.4 Å². The number of rotatable bonds is 7. The number of carboxylic acids is 1. The summed E-state index contributed by atoms with van der Waals surface area (Å²) in [6, 6.07) is 26.6. The van der Waals surface area contributed by atoms with Gasteiger partial charge in [0.15, 0.2) is 5.78 Å². The summed E-state index contributed by atoms with van der Waals surface area (Å²) in [4.78, 5) is 27.0. The minimum atomic E-state index is -1.14. The molecule has 0 spiro atoms. The highest BCUT2D eigenvalue weighted by atomic mass is 35.5. The van der Waals surface area contributed by atoms with E-state index in [1.54, 1.807) is 18.2 Å². The van der Waals surface area contributed by atoms with E-state index < -0.39 is 5.97 Å². The van der Waals surface area contributed by atoms with Gasteiger partial charge in [-0.05, 0) is 89.8 Å². The average molecular weight is 514 g/mol. The molecule has 1 N–H and O–H groups in total. The van der Waals surface area contributed by atoms with Gasteiger partial charge in [0.25, 0.3) is 0 Å². The highest BCUT2D eigenvalue weighted by Gasteiger charge is 2.17. The van der Waals surface area contributed by atoms with Crippen LogP contribution in [0.4, 0.5) is 11.4 Å². The molecule has 0 aliphatic rings. The molecule has 4 rings (SSSR count). The number of ether oxygens (including phenoxy) is 1. The van der Waals surface area contributed by atoms with Crippen LogP contribution in [0.1, 0.15) is 52.6 Å². The fraction of sp³-hybridized carbons (Fsp3) is 0.161. The van der Waals surface area contributed by atoms with E-state index in [0.29, 0.717) is 16.3 Å².